The Balaban J connectivity index is 1.42. The Bertz CT molecular complexity index is 1210. The molecule has 1 saturated heterocycles. The molecule has 2 amide bonds. The average molecular weight is 510 g/mol. The second-order valence-corrected chi connectivity index (χ2v) is 10.8. The minimum atomic E-state index is -3.18. The molecular formula is C29H33F2N3O3. The molecule has 37 heavy (non-hydrogen) atoms. The number of nitrogens with zero attached hydrogens (tertiary/aromatic N) is 1. The summed E-state index contributed by atoms with van der Waals surface area (Å²) in [5.41, 5.74) is 2.02. The number of carbonyl (C=O) groups excluding carboxylic acids is 2. The molecule has 1 aromatic heterocycles. The van der Waals surface area contributed by atoms with Gasteiger partial charge in [-0.3, -0.25) is 4.98 Å². The second-order valence-electron chi connectivity index (χ2n) is 10.8. The fourth-order valence-corrected chi connectivity index (χ4v) is 6.05. The highest BCUT2D eigenvalue weighted by atomic mass is 19.3. The highest BCUT2D eigenvalue weighted by Crippen LogP contribution is 2.55. The lowest BCUT2D eigenvalue weighted by molar-refractivity contribution is -0.158. The third kappa shape index (κ3) is 4.62. The van der Waals surface area contributed by atoms with E-state index < -0.39 is 53.7 Å². The van der Waals surface area contributed by atoms with Crippen LogP contribution in [0.3, 0.4) is 0 Å². The van der Waals surface area contributed by atoms with Gasteiger partial charge in [0.15, 0.2) is 5.54 Å². The monoisotopic (exact) mass is 509 g/mol. The SMILES string of the molecule is Cc1ccccc1-c1ccc(/C=C/[C@@H]2[C@@H]3[C@@H](C)OC(=O)[C@]3(NC(=O)NC3CCC3)CC(F)(F)[C@H]2C)nc1. The van der Waals surface area contributed by atoms with E-state index >= 15 is 8.78 Å². The van der Waals surface area contributed by atoms with Crippen molar-refractivity contribution in [2.75, 3.05) is 0 Å². The van der Waals surface area contributed by atoms with Gasteiger partial charge in [-0.25, -0.2) is 18.4 Å². The number of pyridine rings is 1. The van der Waals surface area contributed by atoms with Gasteiger partial charge in [0.1, 0.15) is 6.10 Å². The van der Waals surface area contributed by atoms with Crippen molar-refractivity contribution in [2.45, 2.75) is 70.1 Å². The highest BCUT2D eigenvalue weighted by molar-refractivity contribution is 5.90. The normalized spacial score (nSPS) is 30.9. The van der Waals surface area contributed by atoms with E-state index in [2.05, 4.69) is 15.6 Å². The molecule has 0 spiro atoms. The van der Waals surface area contributed by atoms with Crippen LogP contribution in [0.1, 0.15) is 50.8 Å². The molecule has 196 valence electrons. The summed E-state index contributed by atoms with van der Waals surface area (Å²) in [6, 6.07) is 11.2. The maximum Gasteiger partial charge on any atom is 0.332 e. The minimum Gasteiger partial charge on any atom is -0.460 e. The molecule has 2 N–H and O–H groups in total. The number of hydrogen-bond donors (Lipinski definition) is 2. The summed E-state index contributed by atoms with van der Waals surface area (Å²) >= 11 is 0. The minimum absolute atomic E-state index is 0.0112. The van der Waals surface area contributed by atoms with E-state index in [-0.39, 0.29) is 6.04 Å². The van der Waals surface area contributed by atoms with E-state index in [0.717, 1.165) is 36.0 Å². The van der Waals surface area contributed by atoms with Gasteiger partial charge in [0.05, 0.1) is 5.69 Å². The van der Waals surface area contributed by atoms with Crippen LogP contribution < -0.4 is 10.6 Å². The van der Waals surface area contributed by atoms with E-state index in [4.69, 9.17) is 4.74 Å². The van der Waals surface area contributed by atoms with Gasteiger partial charge in [0.25, 0.3) is 5.92 Å². The molecule has 2 saturated carbocycles. The van der Waals surface area contributed by atoms with Gasteiger partial charge in [-0.2, -0.15) is 0 Å². The molecule has 3 fully saturated rings. The van der Waals surface area contributed by atoms with Gasteiger partial charge in [-0.15, -0.1) is 0 Å². The van der Waals surface area contributed by atoms with Gasteiger partial charge in [-0.1, -0.05) is 43.3 Å². The molecule has 0 bridgehead atoms. The third-order valence-electron chi connectivity index (χ3n) is 8.41. The molecule has 2 heterocycles. The van der Waals surface area contributed by atoms with Crippen LogP contribution in [-0.4, -0.2) is 40.6 Å². The number of amides is 2. The van der Waals surface area contributed by atoms with Crippen molar-refractivity contribution in [3.8, 4) is 11.1 Å². The van der Waals surface area contributed by atoms with Crippen LogP contribution in [0.15, 0.2) is 48.7 Å². The van der Waals surface area contributed by atoms with Crippen LogP contribution in [0.5, 0.6) is 0 Å². The lowest BCUT2D eigenvalue weighted by Crippen LogP contribution is -2.67. The molecule has 6 nitrogen and oxygen atoms in total. The Morgan fingerprint density at radius 3 is 2.57 bits per heavy atom. The number of alkyl halides is 2. The molecule has 5 atom stereocenters. The van der Waals surface area contributed by atoms with Crippen molar-refractivity contribution in [3.63, 3.8) is 0 Å². The first-order valence-corrected chi connectivity index (χ1v) is 13.0. The molecule has 0 unspecified atom stereocenters. The Morgan fingerprint density at radius 2 is 1.92 bits per heavy atom. The first-order chi connectivity index (χ1) is 17.6. The first kappa shape index (κ1) is 25.4. The van der Waals surface area contributed by atoms with Crippen molar-refractivity contribution in [3.05, 3.63) is 59.9 Å². The van der Waals surface area contributed by atoms with E-state index in [1.165, 1.54) is 6.92 Å². The standard InChI is InChI=1S/C29H33F2N3O3/c1-17-7-4-5-10-23(17)20-11-12-21(32-15-20)13-14-24-18(2)29(30,31)16-28(25(24)19(3)37-26(28)35)34-27(36)33-22-8-6-9-22/h4-5,7,10-15,18-19,22,24-25H,6,8-9,16H2,1-3H3,(H2,33,34,36)/b14-13+/t18-,19+,24-,25-,28-/m0/s1. The summed E-state index contributed by atoms with van der Waals surface area (Å²) < 4.78 is 36.3. The number of esters is 1. The number of ether oxygens (including phenoxy) is 1. The van der Waals surface area contributed by atoms with Crippen molar-refractivity contribution in [2.24, 2.45) is 17.8 Å². The van der Waals surface area contributed by atoms with Gasteiger partial charge in [0.2, 0.25) is 0 Å². The molecule has 3 aliphatic rings. The first-order valence-electron chi connectivity index (χ1n) is 13.0. The molecule has 2 aliphatic carbocycles. The zero-order valence-electron chi connectivity index (χ0n) is 21.3. The summed E-state index contributed by atoms with van der Waals surface area (Å²) in [5, 5.41) is 5.46. The molecule has 8 heteroatoms. The number of aromatic nitrogens is 1. The van der Waals surface area contributed by atoms with Crippen LogP contribution in [-0.2, 0) is 9.53 Å². The van der Waals surface area contributed by atoms with Crippen LogP contribution in [0.4, 0.5) is 13.6 Å². The van der Waals surface area contributed by atoms with Gasteiger partial charge < -0.3 is 15.4 Å². The number of urea groups is 1. The van der Waals surface area contributed by atoms with Gasteiger partial charge >= 0.3 is 12.0 Å². The maximum absolute atomic E-state index is 15.4. The lowest BCUT2D eigenvalue weighted by atomic mass is 9.60. The molecule has 1 aromatic carbocycles. The number of halogens is 2. The zero-order valence-corrected chi connectivity index (χ0v) is 21.3. The number of cyclic esters (lactones) is 1. The number of aryl methyl sites for hydroxylation is 1. The number of carbonyl (C=O) groups is 2. The summed E-state index contributed by atoms with van der Waals surface area (Å²) in [7, 11) is 0. The van der Waals surface area contributed by atoms with Crippen LogP contribution in [0.2, 0.25) is 0 Å². The second kappa shape index (κ2) is 9.54. The predicted octanol–water partition coefficient (Wildman–Crippen LogP) is 5.51. The fraction of sp³-hybridized carbons (Fsp3) is 0.483. The van der Waals surface area contributed by atoms with E-state index in [1.807, 2.05) is 43.3 Å². The average Bonchev–Trinajstić information content (AvgIpc) is 3.05. The topological polar surface area (TPSA) is 80.3 Å². The Kier molecular flexibility index (Phi) is 6.54. The number of rotatable bonds is 5. The van der Waals surface area contributed by atoms with E-state index in [0.29, 0.717) is 5.69 Å². The van der Waals surface area contributed by atoms with Crippen LogP contribution >= 0.6 is 0 Å². The summed E-state index contributed by atoms with van der Waals surface area (Å²) in [5.74, 6) is -6.38. The number of benzene rings is 1. The Labute approximate surface area is 215 Å². The van der Waals surface area contributed by atoms with Crippen molar-refractivity contribution < 1.29 is 23.1 Å². The largest absolute Gasteiger partial charge is 0.460 e. The predicted molar refractivity (Wildman–Crippen MR) is 137 cm³/mol. The zero-order chi connectivity index (χ0) is 26.4. The van der Waals surface area contributed by atoms with Crippen LogP contribution in [0.25, 0.3) is 17.2 Å². The maximum atomic E-state index is 15.4. The molecule has 5 rings (SSSR count). The molecule has 2 aromatic rings. The lowest BCUT2D eigenvalue weighted by Gasteiger charge is -2.48. The smallest absolute Gasteiger partial charge is 0.332 e. The van der Waals surface area contributed by atoms with E-state index in [9.17, 15) is 9.59 Å². The molecule has 0 radical (unpaired) electrons. The summed E-state index contributed by atoms with van der Waals surface area (Å²) in [6.07, 6.45) is 6.50. The molecule has 1 aliphatic heterocycles. The number of allylic oxidation sites excluding steroid dienone is 1. The third-order valence-corrected chi connectivity index (χ3v) is 8.41. The summed E-state index contributed by atoms with van der Waals surface area (Å²) in [6.45, 7) is 5.24. The Morgan fingerprint density at radius 1 is 1.16 bits per heavy atom. The van der Waals surface area contributed by atoms with Crippen molar-refractivity contribution in [1.29, 1.82) is 0 Å². The number of hydrogen-bond acceptors (Lipinski definition) is 4. The van der Waals surface area contributed by atoms with Crippen LogP contribution in [0, 0.1) is 24.7 Å². The quantitative estimate of drug-likeness (QED) is 0.521. The Hall–Kier alpha value is -3.29. The van der Waals surface area contributed by atoms with Gasteiger partial charge in [-0.05, 0) is 62.3 Å². The highest BCUT2D eigenvalue weighted by Gasteiger charge is 2.68. The van der Waals surface area contributed by atoms with Crippen molar-refractivity contribution in [1.82, 2.24) is 15.6 Å². The fourth-order valence-electron chi connectivity index (χ4n) is 6.05. The number of nitrogens with one attached hydrogen (secondary N) is 2. The van der Waals surface area contributed by atoms with Crippen molar-refractivity contribution >= 4 is 18.1 Å². The molecular weight excluding hydrogens is 476 g/mol. The van der Waals surface area contributed by atoms with Gasteiger partial charge in [0, 0.05) is 36.1 Å². The number of fused-ring (bicyclic) bond motifs is 1. The summed E-state index contributed by atoms with van der Waals surface area (Å²) in [4.78, 5) is 30.3. The van der Waals surface area contributed by atoms with E-state index in [1.54, 1.807) is 25.3 Å².